The van der Waals surface area contributed by atoms with Crippen molar-refractivity contribution < 1.29 is 9.59 Å². The molecule has 3 amide bonds. The van der Waals surface area contributed by atoms with Crippen LogP contribution in [-0.2, 0) is 17.8 Å². The van der Waals surface area contributed by atoms with Crippen LogP contribution < -0.4 is 16.0 Å². The molecule has 3 N–H and O–H groups in total. The predicted octanol–water partition coefficient (Wildman–Crippen LogP) is 2.99. The maximum Gasteiger partial charge on any atom is 0.315 e. The summed E-state index contributed by atoms with van der Waals surface area (Å²) in [4.78, 5) is 24.1. The second kappa shape index (κ2) is 8.52. The summed E-state index contributed by atoms with van der Waals surface area (Å²) in [5, 5.41) is 8.41. The summed E-state index contributed by atoms with van der Waals surface area (Å²) in [6.07, 6.45) is 3.05. The number of hydrogen-bond donors (Lipinski definition) is 3. The molecule has 0 bridgehead atoms. The molecule has 0 aliphatic heterocycles. The van der Waals surface area contributed by atoms with E-state index in [9.17, 15) is 9.59 Å². The Balaban J connectivity index is 1.43. The first-order valence-corrected chi connectivity index (χ1v) is 9.06. The van der Waals surface area contributed by atoms with Crippen LogP contribution in [0.5, 0.6) is 0 Å². The fraction of sp³-hybridized carbons (Fsp3) is 0.333. The van der Waals surface area contributed by atoms with Gasteiger partial charge in [0.1, 0.15) is 0 Å². The van der Waals surface area contributed by atoms with Crippen molar-refractivity contribution in [3.63, 3.8) is 0 Å². The number of carbonyl (C=O) groups is 2. The third kappa shape index (κ3) is 4.85. The Morgan fingerprint density at radius 2 is 1.81 bits per heavy atom. The van der Waals surface area contributed by atoms with Crippen LogP contribution in [0.2, 0.25) is 0 Å². The van der Waals surface area contributed by atoms with Gasteiger partial charge in [0.05, 0.1) is 12.6 Å². The van der Waals surface area contributed by atoms with Gasteiger partial charge < -0.3 is 16.0 Å². The molecule has 2 aromatic carbocycles. The van der Waals surface area contributed by atoms with Gasteiger partial charge in [-0.15, -0.1) is 0 Å². The molecule has 0 fully saturated rings. The number of hydrogen-bond acceptors (Lipinski definition) is 2. The summed E-state index contributed by atoms with van der Waals surface area (Å²) in [7, 11) is 0. The zero-order valence-electron chi connectivity index (χ0n) is 15.0. The standard InChI is InChI=1S/C21H25N3O2/c1-15-9-11-16(12-10-15)13-22-21(26)23-14-20(25)24-19-8-4-6-17-5-2-3-7-18(17)19/h2-3,5,7,9-12,19H,4,6,8,13-14H2,1H3,(H,24,25)(H2,22,23,26). The Labute approximate surface area is 154 Å². The molecular weight excluding hydrogens is 326 g/mol. The van der Waals surface area contributed by atoms with E-state index >= 15 is 0 Å². The van der Waals surface area contributed by atoms with E-state index in [0.717, 1.165) is 24.8 Å². The topological polar surface area (TPSA) is 70.2 Å². The minimum absolute atomic E-state index is 0.0294. The lowest BCUT2D eigenvalue weighted by atomic mass is 9.88. The van der Waals surface area contributed by atoms with Gasteiger partial charge in [-0.25, -0.2) is 4.79 Å². The highest BCUT2D eigenvalue weighted by Crippen LogP contribution is 2.29. The first-order chi connectivity index (χ1) is 12.6. The van der Waals surface area contributed by atoms with Gasteiger partial charge in [0.15, 0.2) is 0 Å². The minimum Gasteiger partial charge on any atom is -0.348 e. The maximum absolute atomic E-state index is 12.2. The van der Waals surface area contributed by atoms with Crippen molar-refractivity contribution in [1.82, 2.24) is 16.0 Å². The van der Waals surface area contributed by atoms with Crippen LogP contribution in [0.3, 0.4) is 0 Å². The van der Waals surface area contributed by atoms with Gasteiger partial charge in [0.2, 0.25) is 5.91 Å². The van der Waals surface area contributed by atoms with Gasteiger partial charge in [0.25, 0.3) is 0 Å². The number of carbonyl (C=O) groups excluding carboxylic acids is 2. The van der Waals surface area contributed by atoms with Crippen molar-refractivity contribution >= 4 is 11.9 Å². The van der Waals surface area contributed by atoms with E-state index in [-0.39, 0.29) is 24.5 Å². The van der Waals surface area contributed by atoms with Crippen LogP contribution in [0.15, 0.2) is 48.5 Å². The number of fused-ring (bicyclic) bond motifs is 1. The van der Waals surface area contributed by atoms with E-state index in [4.69, 9.17) is 0 Å². The summed E-state index contributed by atoms with van der Waals surface area (Å²) in [5.41, 5.74) is 4.69. The Morgan fingerprint density at radius 3 is 2.62 bits per heavy atom. The average molecular weight is 351 g/mol. The molecule has 0 heterocycles. The summed E-state index contributed by atoms with van der Waals surface area (Å²) in [6.45, 7) is 2.43. The number of aryl methyl sites for hydroxylation is 2. The van der Waals surface area contributed by atoms with Gasteiger partial charge in [-0.2, -0.15) is 0 Å². The van der Waals surface area contributed by atoms with Crippen molar-refractivity contribution in [3.8, 4) is 0 Å². The van der Waals surface area contributed by atoms with Crippen LogP contribution in [-0.4, -0.2) is 18.5 Å². The molecule has 1 unspecified atom stereocenters. The zero-order chi connectivity index (χ0) is 18.4. The lowest BCUT2D eigenvalue weighted by Gasteiger charge is -2.26. The number of urea groups is 1. The Morgan fingerprint density at radius 1 is 1.04 bits per heavy atom. The molecule has 1 atom stereocenters. The minimum atomic E-state index is -0.343. The zero-order valence-corrected chi connectivity index (χ0v) is 15.0. The Hall–Kier alpha value is -2.82. The van der Waals surface area contributed by atoms with Gasteiger partial charge in [0, 0.05) is 6.54 Å². The predicted molar refractivity (Wildman–Crippen MR) is 102 cm³/mol. The third-order valence-corrected chi connectivity index (χ3v) is 4.69. The van der Waals surface area contributed by atoms with Crippen molar-refractivity contribution in [1.29, 1.82) is 0 Å². The van der Waals surface area contributed by atoms with Crippen LogP contribution in [0.4, 0.5) is 4.79 Å². The van der Waals surface area contributed by atoms with Crippen molar-refractivity contribution in [3.05, 3.63) is 70.8 Å². The van der Waals surface area contributed by atoms with Gasteiger partial charge in [-0.1, -0.05) is 54.1 Å². The molecule has 2 aromatic rings. The van der Waals surface area contributed by atoms with E-state index in [1.807, 2.05) is 43.3 Å². The van der Waals surface area contributed by atoms with E-state index in [0.29, 0.717) is 6.54 Å². The monoisotopic (exact) mass is 351 g/mol. The number of benzene rings is 2. The smallest absolute Gasteiger partial charge is 0.315 e. The summed E-state index contributed by atoms with van der Waals surface area (Å²) >= 11 is 0. The molecule has 0 aromatic heterocycles. The highest BCUT2D eigenvalue weighted by Gasteiger charge is 2.21. The second-order valence-corrected chi connectivity index (χ2v) is 6.73. The van der Waals surface area contributed by atoms with Gasteiger partial charge in [-0.05, 0) is 42.9 Å². The number of nitrogens with one attached hydrogen (secondary N) is 3. The molecule has 136 valence electrons. The van der Waals surface area contributed by atoms with Crippen molar-refractivity contribution in [2.24, 2.45) is 0 Å². The van der Waals surface area contributed by atoms with Crippen LogP contribution in [0.1, 0.15) is 41.1 Å². The summed E-state index contributed by atoms with van der Waals surface area (Å²) in [5.74, 6) is -0.169. The van der Waals surface area contributed by atoms with Crippen molar-refractivity contribution in [2.75, 3.05) is 6.54 Å². The first kappa shape index (κ1) is 18.0. The fourth-order valence-electron chi connectivity index (χ4n) is 3.26. The molecule has 26 heavy (non-hydrogen) atoms. The largest absolute Gasteiger partial charge is 0.348 e. The second-order valence-electron chi connectivity index (χ2n) is 6.73. The normalized spacial score (nSPS) is 15.7. The van der Waals surface area contributed by atoms with E-state index in [1.54, 1.807) is 0 Å². The molecule has 1 aliphatic rings. The molecule has 0 saturated carbocycles. The first-order valence-electron chi connectivity index (χ1n) is 9.06. The van der Waals surface area contributed by atoms with Gasteiger partial charge >= 0.3 is 6.03 Å². The quantitative estimate of drug-likeness (QED) is 0.775. The number of rotatable bonds is 5. The maximum atomic E-state index is 12.2. The third-order valence-electron chi connectivity index (χ3n) is 4.69. The molecule has 5 heteroatoms. The van der Waals surface area contributed by atoms with Crippen LogP contribution in [0, 0.1) is 6.92 Å². The summed E-state index contributed by atoms with van der Waals surface area (Å²) < 4.78 is 0. The van der Waals surface area contributed by atoms with Crippen LogP contribution in [0.25, 0.3) is 0 Å². The molecular formula is C21H25N3O2. The highest BCUT2D eigenvalue weighted by atomic mass is 16.2. The molecule has 5 nitrogen and oxygen atoms in total. The van der Waals surface area contributed by atoms with E-state index in [1.165, 1.54) is 16.7 Å². The van der Waals surface area contributed by atoms with Crippen molar-refractivity contribution in [2.45, 2.75) is 38.8 Å². The lowest BCUT2D eigenvalue weighted by molar-refractivity contribution is -0.120. The molecule has 0 radical (unpaired) electrons. The SMILES string of the molecule is Cc1ccc(CNC(=O)NCC(=O)NC2CCCc3ccccc32)cc1. The van der Waals surface area contributed by atoms with E-state index in [2.05, 4.69) is 28.1 Å². The highest BCUT2D eigenvalue weighted by molar-refractivity contribution is 5.84. The number of amides is 3. The summed E-state index contributed by atoms with van der Waals surface area (Å²) in [6, 6.07) is 15.9. The molecule has 0 spiro atoms. The van der Waals surface area contributed by atoms with E-state index < -0.39 is 0 Å². The van der Waals surface area contributed by atoms with Crippen LogP contribution >= 0.6 is 0 Å². The molecule has 1 aliphatic carbocycles. The Kier molecular flexibility index (Phi) is 5.89. The fourth-order valence-corrected chi connectivity index (χ4v) is 3.26. The molecule has 0 saturated heterocycles. The molecule has 3 rings (SSSR count). The lowest BCUT2D eigenvalue weighted by Crippen LogP contribution is -2.43. The van der Waals surface area contributed by atoms with Gasteiger partial charge in [-0.3, -0.25) is 4.79 Å². The average Bonchev–Trinajstić information content (AvgIpc) is 2.66. The Bertz CT molecular complexity index is 771.